The van der Waals surface area contributed by atoms with Gasteiger partial charge in [-0.1, -0.05) is 78.9 Å². The third-order valence-corrected chi connectivity index (χ3v) is 6.65. The van der Waals surface area contributed by atoms with E-state index in [4.69, 9.17) is 9.47 Å². The van der Waals surface area contributed by atoms with Crippen molar-refractivity contribution < 1.29 is 19.1 Å². The van der Waals surface area contributed by atoms with Gasteiger partial charge in [0, 0.05) is 5.39 Å². The fourth-order valence-electron chi connectivity index (χ4n) is 5.24. The molecule has 0 unspecified atom stereocenters. The van der Waals surface area contributed by atoms with E-state index in [9.17, 15) is 9.59 Å². The van der Waals surface area contributed by atoms with E-state index in [1.54, 1.807) is 4.90 Å². The molecule has 1 spiro atoms. The van der Waals surface area contributed by atoms with E-state index in [-0.39, 0.29) is 18.5 Å². The van der Waals surface area contributed by atoms with Crippen molar-refractivity contribution in [2.75, 3.05) is 11.4 Å². The van der Waals surface area contributed by atoms with Crippen molar-refractivity contribution >= 4 is 28.3 Å². The minimum Gasteiger partial charge on any atom is -0.460 e. The number of fused-ring (bicyclic) bond motifs is 2. The molecule has 5 nitrogen and oxygen atoms in total. The topological polar surface area (TPSA) is 55.8 Å². The number of benzene rings is 3. The normalized spacial score (nSPS) is 28.3. The Morgan fingerprint density at radius 2 is 1.81 bits per heavy atom. The van der Waals surface area contributed by atoms with E-state index in [0.717, 1.165) is 22.0 Å². The van der Waals surface area contributed by atoms with Crippen molar-refractivity contribution in [1.29, 1.82) is 0 Å². The summed E-state index contributed by atoms with van der Waals surface area (Å²) in [5, 5.41) is 2.08. The van der Waals surface area contributed by atoms with Crippen molar-refractivity contribution in [2.45, 2.75) is 18.3 Å². The number of carbonyl (C=O) groups excluding carboxylic acids is 2. The van der Waals surface area contributed by atoms with Gasteiger partial charge in [-0.2, -0.15) is 0 Å². The largest absolute Gasteiger partial charge is 0.460 e. The van der Waals surface area contributed by atoms with E-state index in [2.05, 4.69) is 0 Å². The van der Waals surface area contributed by atoms with Crippen LogP contribution in [0.4, 0.5) is 5.69 Å². The molecular formula is C26H21NO4. The fourth-order valence-corrected chi connectivity index (χ4v) is 5.24. The summed E-state index contributed by atoms with van der Waals surface area (Å²) in [6.07, 6.45) is 3.46. The van der Waals surface area contributed by atoms with Gasteiger partial charge in [0.1, 0.15) is 18.1 Å². The van der Waals surface area contributed by atoms with Gasteiger partial charge < -0.3 is 14.4 Å². The monoisotopic (exact) mass is 411 g/mol. The van der Waals surface area contributed by atoms with Gasteiger partial charge in [-0.15, -0.1) is 0 Å². The first-order valence-corrected chi connectivity index (χ1v) is 10.5. The fraction of sp³-hybridized carbons (Fsp3) is 0.231. The van der Waals surface area contributed by atoms with Crippen LogP contribution in [0.2, 0.25) is 0 Å². The molecule has 0 saturated carbocycles. The van der Waals surface area contributed by atoms with Crippen LogP contribution in [0.15, 0.2) is 84.9 Å². The molecule has 154 valence electrons. The van der Waals surface area contributed by atoms with Crippen LogP contribution in [0.25, 0.3) is 10.8 Å². The second-order valence-electron chi connectivity index (χ2n) is 8.42. The van der Waals surface area contributed by atoms with Gasteiger partial charge in [-0.25, -0.2) is 0 Å². The highest BCUT2D eigenvalue weighted by molar-refractivity contribution is 6.08. The first-order chi connectivity index (χ1) is 15.2. The number of anilines is 1. The highest BCUT2D eigenvalue weighted by Gasteiger charge is 2.67. The number of ether oxygens (including phenoxy) is 2. The molecule has 3 aromatic rings. The number of rotatable bonds is 4. The molecule has 5 heteroatoms. The lowest BCUT2D eigenvalue weighted by molar-refractivity contribution is -0.153. The Hall–Kier alpha value is -3.44. The average molecular weight is 411 g/mol. The van der Waals surface area contributed by atoms with Crippen LogP contribution in [-0.2, 0) is 25.7 Å². The third-order valence-electron chi connectivity index (χ3n) is 6.65. The van der Waals surface area contributed by atoms with E-state index in [1.807, 2.05) is 84.9 Å². The van der Waals surface area contributed by atoms with Gasteiger partial charge in [0.05, 0.1) is 24.3 Å². The second-order valence-corrected chi connectivity index (χ2v) is 8.42. The molecular weight excluding hydrogens is 390 g/mol. The summed E-state index contributed by atoms with van der Waals surface area (Å²) in [4.78, 5) is 28.4. The van der Waals surface area contributed by atoms with E-state index < -0.39 is 23.5 Å². The lowest BCUT2D eigenvalue weighted by Gasteiger charge is -2.23. The van der Waals surface area contributed by atoms with Gasteiger partial charge >= 0.3 is 5.97 Å². The number of hydrogen-bond donors (Lipinski definition) is 0. The van der Waals surface area contributed by atoms with Gasteiger partial charge in [0.2, 0.25) is 5.91 Å². The van der Waals surface area contributed by atoms with Crippen molar-refractivity contribution in [3.63, 3.8) is 0 Å². The summed E-state index contributed by atoms with van der Waals surface area (Å²) < 4.78 is 11.8. The Balaban J connectivity index is 1.30. The van der Waals surface area contributed by atoms with Gasteiger partial charge in [-0.05, 0) is 17.0 Å². The summed E-state index contributed by atoms with van der Waals surface area (Å²) in [6, 6.07) is 23.5. The van der Waals surface area contributed by atoms with Crippen LogP contribution >= 0.6 is 0 Å². The Morgan fingerprint density at radius 3 is 2.68 bits per heavy atom. The van der Waals surface area contributed by atoms with Gasteiger partial charge in [0.15, 0.2) is 0 Å². The van der Waals surface area contributed by atoms with E-state index in [0.29, 0.717) is 6.54 Å². The molecule has 0 N–H and O–H groups in total. The summed E-state index contributed by atoms with van der Waals surface area (Å²) in [5.74, 6) is -1.64. The average Bonchev–Trinajstić information content (AvgIpc) is 3.46. The number of amides is 1. The standard InChI is InChI=1S/C26H21NO4/c28-24-23-22(25(29)30-15-17-7-2-1-3-8-17)21-13-14-26(23,31-21)16-27(24)20-12-6-10-18-9-4-5-11-19(18)20/h1-14,21-23H,15-16H2/t21-,22+,23-,26+/m0/s1. The maximum absolute atomic E-state index is 13.6. The first-order valence-electron chi connectivity index (χ1n) is 10.5. The second kappa shape index (κ2) is 6.79. The highest BCUT2D eigenvalue weighted by Crippen LogP contribution is 2.53. The Kier molecular flexibility index (Phi) is 4.02. The zero-order valence-corrected chi connectivity index (χ0v) is 16.8. The maximum atomic E-state index is 13.6. The van der Waals surface area contributed by atoms with Gasteiger partial charge in [0.25, 0.3) is 0 Å². The minimum absolute atomic E-state index is 0.0788. The zero-order chi connectivity index (χ0) is 21.0. The first kappa shape index (κ1) is 18.3. The highest BCUT2D eigenvalue weighted by atomic mass is 16.6. The summed E-state index contributed by atoms with van der Waals surface area (Å²) in [6.45, 7) is 0.591. The predicted octanol–water partition coefficient (Wildman–Crippen LogP) is 3.87. The number of esters is 1. The molecule has 4 atom stereocenters. The van der Waals surface area contributed by atoms with Crippen LogP contribution in [-0.4, -0.2) is 30.1 Å². The van der Waals surface area contributed by atoms with E-state index >= 15 is 0 Å². The molecule has 6 rings (SSSR count). The van der Waals surface area contributed by atoms with Crippen LogP contribution in [0.3, 0.4) is 0 Å². The van der Waals surface area contributed by atoms with Crippen LogP contribution in [0.1, 0.15) is 5.56 Å². The molecule has 0 aromatic heterocycles. The summed E-state index contributed by atoms with van der Waals surface area (Å²) >= 11 is 0. The number of hydrogen-bond acceptors (Lipinski definition) is 4. The molecule has 0 radical (unpaired) electrons. The van der Waals surface area contributed by atoms with Crippen LogP contribution in [0.5, 0.6) is 0 Å². The molecule has 0 aliphatic carbocycles. The molecule has 3 aliphatic rings. The van der Waals surface area contributed by atoms with Crippen molar-refractivity contribution in [3.8, 4) is 0 Å². The van der Waals surface area contributed by atoms with Crippen LogP contribution < -0.4 is 4.90 Å². The molecule has 2 bridgehead atoms. The van der Waals surface area contributed by atoms with Crippen molar-refractivity contribution in [1.82, 2.24) is 0 Å². The number of carbonyl (C=O) groups is 2. The quantitative estimate of drug-likeness (QED) is 0.483. The lowest BCUT2D eigenvalue weighted by Crippen LogP contribution is -2.40. The molecule has 2 saturated heterocycles. The van der Waals surface area contributed by atoms with Crippen molar-refractivity contribution in [3.05, 3.63) is 90.5 Å². The third kappa shape index (κ3) is 2.73. The summed E-state index contributed by atoms with van der Waals surface area (Å²) in [5.41, 5.74) is 0.999. The molecule has 31 heavy (non-hydrogen) atoms. The molecule has 1 amide bonds. The molecule has 3 heterocycles. The molecule has 2 fully saturated rings. The Bertz CT molecular complexity index is 1220. The molecule has 3 aromatic carbocycles. The lowest BCUT2D eigenvalue weighted by atomic mass is 9.77. The van der Waals surface area contributed by atoms with Gasteiger partial charge in [-0.3, -0.25) is 9.59 Å². The zero-order valence-electron chi connectivity index (χ0n) is 16.8. The molecule has 3 aliphatic heterocycles. The minimum atomic E-state index is -0.769. The van der Waals surface area contributed by atoms with Crippen LogP contribution in [0, 0.1) is 11.8 Å². The van der Waals surface area contributed by atoms with Crippen molar-refractivity contribution in [2.24, 2.45) is 11.8 Å². The summed E-state index contributed by atoms with van der Waals surface area (Å²) in [7, 11) is 0. The maximum Gasteiger partial charge on any atom is 0.313 e. The smallest absolute Gasteiger partial charge is 0.313 e. The number of nitrogens with zero attached hydrogens (tertiary/aromatic N) is 1. The Labute approximate surface area is 179 Å². The Morgan fingerprint density at radius 1 is 1.03 bits per heavy atom. The SMILES string of the molecule is O=C(OCc1ccccc1)[C@@H]1[C@@H]2C=C[C@]3(CN(c4cccc5ccccc45)C(=O)[C@H]13)O2. The van der Waals surface area contributed by atoms with E-state index in [1.165, 1.54) is 0 Å². The predicted molar refractivity (Wildman–Crippen MR) is 116 cm³/mol.